The van der Waals surface area contributed by atoms with Crippen LogP contribution < -0.4 is 0 Å². The van der Waals surface area contributed by atoms with Crippen LogP contribution in [0.4, 0.5) is 4.39 Å². The highest BCUT2D eigenvalue weighted by atomic mass is 35.5. The number of carbonyl (C=O) groups excluding carboxylic acids is 1. The van der Waals surface area contributed by atoms with Gasteiger partial charge in [0.2, 0.25) is 0 Å². The highest BCUT2D eigenvalue weighted by molar-refractivity contribution is 6.33. The molecule has 3 nitrogen and oxygen atoms in total. The van der Waals surface area contributed by atoms with Crippen LogP contribution in [-0.4, -0.2) is 35.1 Å². The molecule has 0 saturated carbocycles. The fourth-order valence-corrected chi connectivity index (χ4v) is 2.80. The van der Waals surface area contributed by atoms with E-state index in [9.17, 15) is 9.18 Å². The summed E-state index contributed by atoms with van der Waals surface area (Å²) in [6.07, 6.45) is 3.39. The Balaban J connectivity index is 2.13. The average Bonchev–Trinajstić information content (AvgIpc) is 2.83. The molecule has 1 aliphatic rings. The summed E-state index contributed by atoms with van der Waals surface area (Å²) in [7, 11) is 0. The Morgan fingerprint density at radius 1 is 1.53 bits per heavy atom. The summed E-state index contributed by atoms with van der Waals surface area (Å²) in [4.78, 5) is 14.2. The number of nitrogens with zero attached hydrogens (tertiary/aromatic N) is 1. The molecule has 19 heavy (non-hydrogen) atoms. The quantitative estimate of drug-likeness (QED) is 0.924. The van der Waals surface area contributed by atoms with Gasteiger partial charge in [-0.2, -0.15) is 0 Å². The fraction of sp³-hybridized carbons (Fsp3) is 0.500. The normalized spacial score (nSPS) is 18.9. The van der Waals surface area contributed by atoms with Crippen molar-refractivity contribution < 1.29 is 14.3 Å². The molecule has 1 aromatic rings. The molecule has 1 N–H and O–H groups in total. The second-order valence-electron chi connectivity index (χ2n) is 4.78. The molecule has 1 saturated heterocycles. The van der Waals surface area contributed by atoms with Crippen LogP contribution in [0, 0.1) is 5.82 Å². The van der Waals surface area contributed by atoms with Gasteiger partial charge in [0.15, 0.2) is 0 Å². The van der Waals surface area contributed by atoms with Gasteiger partial charge < -0.3 is 10.0 Å². The minimum Gasteiger partial charge on any atom is -0.396 e. The molecular formula is C14H17ClFNO2. The molecule has 0 aliphatic carbocycles. The van der Waals surface area contributed by atoms with Gasteiger partial charge in [0.1, 0.15) is 5.82 Å². The Morgan fingerprint density at radius 3 is 3.00 bits per heavy atom. The van der Waals surface area contributed by atoms with Crippen LogP contribution >= 0.6 is 11.6 Å². The van der Waals surface area contributed by atoms with Crippen LogP contribution in [0.25, 0.3) is 0 Å². The molecule has 0 radical (unpaired) electrons. The number of rotatable bonds is 4. The third-order valence-corrected chi connectivity index (χ3v) is 3.81. The lowest BCUT2D eigenvalue weighted by molar-refractivity contribution is 0.0724. The molecule has 1 aromatic carbocycles. The zero-order valence-electron chi connectivity index (χ0n) is 10.6. The third kappa shape index (κ3) is 3.25. The van der Waals surface area contributed by atoms with E-state index in [4.69, 9.17) is 16.7 Å². The van der Waals surface area contributed by atoms with Crippen molar-refractivity contribution in [1.29, 1.82) is 0 Å². The number of halogens is 2. The Bertz CT molecular complexity index is 467. The molecule has 0 aromatic heterocycles. The number of likely N-dealkylation sites (tertiary alicyclic amines) is 1. The average molecular weight is 286 g/mol. The van der Waals surface area contributed by atoms with Gasteiger partial charge in [0.05, 0.1) is 10.6 Å². The predicted molar refractivity (Wildman–Crippen MR) is 71.8 cm³/mol. The van der Waals surface area contributed by atoms with Crippen molar-refractivity contribution in [3.63, 3.8) is 0 Å². The van der Waals surface area contributed by atoms with Gasteiger partial charge >= 0.3 is 0 Å². The molecule has 1 unspecified atom stereocenters. The summed E-state index contributed by atoms with van der Waals surface area (Å²) in [5.74, 6) is -0.592. The van der Waals surface area contributed by atoms with Crippen LogP contribution in [0.3, 0.4) is 0 Å². The first-order valence-electron chi connectivity index (χ1n) is 6.50. The Morgan fingerprint density at radius 2 is 2.32 bits per heavy atom. The molecule has 5 heteroatoms. The number of carbonyl (C=O) groups is 1. The SMILES string of the molecule is O=C(c1ccc(F)cc1Cl)N1CCCC1CCCO. The molecule has 1 amide bonds. The predicted octanol–water partition coefficient (Wildman–Crippen LogP) is 2.86. The first-order chi connectivity index (χ1) is 9.13. The monoisotopic (exact) mass is 285 g/mol. The zero-order valence-corrected chi connectivity index (χ0v) is 11.4. The van der Waals surface area contributed by atoms with Crippen molar-refractivity contribution in [3.05, 3.63) is 34.6 Å². The fourth-order valence-electron chi connectivity index (χ4n) is 2.55. The first kappa shape index (κ1) is 14.3. The molecule has 1 aliphatic heterocycles. The van der Waals surface area contributed by atoms with Crippen LogP contribution in [0.5, 0.6) is 0 Å². The second kappa shape index (κ2) is 6.35. The molecule has 1 heterocycles. The summed E-state index contributed by atoms with van der Waals surface area (Å²) < 4.78 is 13.0. The van der Waals surface area contributed by atoms with Crippen LogP contribution in [0.1, 0.15) is 36.0 Å². The van der Waals surface area contributed by atoms with Crippen LogP contribution in [-0.2, 0) is 0 Å². The van der Waals surface area contributed by atoms with E-state index in [1.165, 1.54) is 12.1 Å². The smallest absolute Gasteiger partial charge is 0.255 e. The highest BCUT2D eigenvalue weighted by Crippen LogP contribution is 2.26. The molecule has 2 rings (SSSR count). The first-order valence-corrected chi connectivity index (χ1v) is 6.88. The molecular weight excluding hydrogens is 269 g/mol. The van der Waals surface area contributed by atoms with Crippen molar-refractivity contribution in [3.8, 4) is 0 Å². The van der Waals surface area contributed by atoms with E-state index in [-0.39, 0.29) is 23.6 Å². The number of aliphatic hydroxyl groups excluding tert-OH is 1. The Hall–Kier alpha value is -1.13. The van der Waals surface area contributed by atoms with Crippen LogP contribution in [0.2, 0.25) is 5.02 Å². The lowest BCUT2D eigenvalue weighted by Crippen LogP contribution is -2.35. The molecule has 1 fully saturated rings. The number of hydrogen-bond acceptors (Lipinski definition) is 2. The maximum atomic E-state index is 13.0. The topological polar surface area (TPSA) is 40.5 Å². The largest absolute Gasteiger partial charge is 0.396 e. The van der Waals surface area contributed by atoms with E-state index >= 15 is 0 Å². The van der Waals surface area contributed by atoms with Gasteiger partial charge in [0.25, 0.3) is 5.91 Å². The Labute approximate surface area is 117 Å². The van der Waals surface area contributed by atoms with E-state index in [2.05, 4.69) is 0 Å². The second-order valence-corrected chi connectivity index (χ2v) is 5.19. The molecule has 0 bridgehead atoms. The van der Waals surface area contributed by atoms with Gasteiger partial charge in [-0.3, -0.25) is 4.79 Å². The van der Waals surface area contributed by atoms with Gasteiger partial charge in [-0.1, -0.05) is 11.6 Å². The standard InChI is InChI=1S/C14H17ClFNO2/c15-13-9-10(16)5-6-12(13)14(19)17-7-1-3-11(17)4-2-8-18/h5-6,9,11,18H,1-4,7-8H2. The molecule has 1 atom stereocenters. The number of aliphatic hydroxyl groups is 1. The van der Waals surface area contributed by atoms with E-state index in [0.29, 0.717) is 18.5 Å². The Kier molecular flexibility index (Phi) is 4.77. The van der Waals surface area contributed by atoms with Gasteiger partial charge in [0, 0.05) is 19.2 Å². The summed E-state index contributed by atoms with van der Waals surface area (Å²) in [5.41, 5.74) is 0.346. The summed E-state index contributed by atoms with van der Waals surface area (Å²) in [6, 6.07) is 3.99. The summed E-state index contributed by atoms with van der Waals surface area (Å²) in [5, 5.41) is 9.03. The maximum absolute atomic E-state index is 13.0. The van der Waals surface area contributed by atoms with E-state index in [1.54, 1.807) is 4.90 Å². The van der Waals surface area contributed by atoms with E-state index < -0.39 is 5.82 Å². The molecule has 104 valence electrons. The lowest BCUT2D eigenvalue weighted by Gasteiger charge is -2.25. The third-order valence-electron chi connectivity index (χ3n) is 3.50. The minimum atomic E-state index is -0.445. The van der Waals surface area contributed by atoms with E-state index in [1.807, 2.05) is 0 Å². The zero-order chi connectivity index (χ0) is 13.8. The van der Waals surface area contributed by atoms with Gasteiger partial charge in [-0.15, -0.1) is 0 Å². The van der Waals surface area contributed by atoms with Crippen LogP contribution in [0.15, 0.2) is 18.2 Å². The van der Waals surface area contributed by atoms with Crippen molar-refractivity contribution in [2.45, 2.75) is 31.7 Å². The highest BCUT2D eigenvalue weighted by Gasteiger charge is 2.29. The van der Waals surface area contributed by atoms with E-state index in [0.717, 1.165) is 25.3 Å². The number of amides is 1. The molecule has 0 spiro atoms. The number of hydrogen-bond donors (Lipinski definition) is 1. The van der Waals surface area contributed by atoms with Gasteiger partial charge in [-0.25, -0.2) is 4.39 Å². The van der Waals surface area contributed by atoms with Gasteiger partial charge in [-0.05, 0) is 43.9 Å². The van der Waals surface area contributed by atoms with Crippen molar-refractivity contribution >= 4 is 17.5 Å². The maximum Gasteiger partial charge on any atom is 0.255 e. The lowest BCUT2D eigenvalue weighted by atomic mass is 10.1. The van der Waals surface area contributed by atoms with Crippen molar-refractivity contribution in [2.24, 2.45) is 0 Å². The van der Waals surface area contributed by atoms with Crippen molar-refractivity contribution in [2.75, 3.05) is 13.2 Å². The summed E-state index contributed by atoms with van der Waals surface area (Å²) >= 11 is 5.93. The number of benzene rings is 1. The van der Waals surface area contributed by atoms with Crippen molar-refractivity contribution in [1.82, 2.24) is 4.90 Å². The minimum absolute atomic E-state index is 0.135. The summed E-state index contributed by atoms with van der Waals surface area (Å²) in [6.45, 7) is 0.832.